The van der Waals surface area contributed by atoms with Crippen LogP contribution in [-0.2, 0) is 23.8 Å². The molecule has 1 rings (SSSR count). The first-order valence-electron chi connectivity index (χ1n) is 7.12. The van der Waals surface area contributed by atoms with Gasteiger partial charge in [-0.2, -0.15) is 0 Å². The Morgan fingerprint density at radius 3 is 2.18 bits per heavy atom. The van der Waals surface area contributed by atoms with Gasteiger partial charge in [0.25, 0.3) is 0 Å². The lowest BCUT2D eigenvalue weighted by atomic mass is 10.1. The van der Waals surface area contributed by atoms with Crippen molar-refractivity contribution >= 4 is 35.0 Å². The molecule has 0 aliphatic carbocycles. The molecule has 0 aromatic heterocycles. The average molecular weight is 357 g/mol. The van der Waals surface area contributed by atoms with Crippen molar-refractivity contribution in [2.24, 2.45) is 0 Å². The molecule has 2 N–H and O–H groups in total. The van der Waals surface area contributed by atoms with Gasteiger partial charge in [-0.3, -0.25) is 9.59 Å². The monoisotopic (exact) mass is 356 g/mol. The van der Waals surface area contributed by atoms with Crippen LogP contribution < -0.4 is 10.6 Å². The second-order valence-corrected chi connectivity index (χ2v) is 5.15. The van der Waals surface area contributed by atoms with E-state index in [0.29, 0.717) is 13.2 Å². The fourth-order valence-electron chi connectivity index (χ4n) is 2.25. The smallest absolute Gasteiger partial charge is 0.235 e. The van der Waals surface area contributed by atoms with Crippen LogP contribution in [0.25, 0.3) is 0 Å². The molecule has 7 nitrogen and oxygen atoms in total. The first kappa shape index (κ1) is 19.4. The number of rotatable bonds is 9. The van der Waals surface area contributed by atoms with Crippen molar-refractivity contribution in [1.29, 1.82) is 0 Å². The summed E-state index contributed by atoms with van der Waals surface area (Å²) in [6, 6.07) is -0.937. The van der Waals surface area contributed by atoms with E-state index in [2.05, 4.69) is 10.6 Å². The van der Waals surface area contributed by atoms with E-state index in [4.69, 9.17) is 37.4 Å². The minimum atomic E-state index is -0.645. The zero-order chi connectivity index (χ0) is 16.5. The predicted octanol–water partition coefficient (Wildman–Crippen LogP) is 0.232. The molecule has 9 heteroatoms. The van der Waals surface area contributed by atoms with Gasteiger partial charge in [0, 0.05) is 13.2 Å². The summed E-state index contributed by atoms with van der Waals surface area (Å²) in [6.45, 7) is 4.75. The molecule has 0 radical (unpaired) electrons. The van der Waals surface area contributed by atoms with E-state index in [1.165, 1.54) is 0 Å². The summed E-state index contributed by atoms with van der Waals surface area (Å²) in [6.07, 6.45) is -1.19. The second-order valence-electron chi connectivity index (χ2n) is 4.61. The summed E-state index contributed by atoms with van der Waals surface area (Å²) >= 11 is 11.0. The molecule has 128 valence electrons. The van der Waals surface area contributed by atoms with E-state index in [0.717, 1.165) is 0 Å². The molecule has 0 saturated carbocycles. The molecule has 22 heavy (non-hydrogen) atoms. The number of carbonyl (C=O) groups is 2. The molecule has 3 atom stereocenters. The zero-order valence-corrected chi connectivity index (χ0v) is 14.2. The lowest BCUT2D eigenvalue weighted by molar-refractivity contribution is -0.195. The Morgan fingerprint density at radius 2 is 1.68 bits per heavy atom. The Bertz CT molecular complexity index is 366. The fourth-order valence-corrected chi connectivity index (χ4v) is 2.40. The van der Waals surface area contributed by atoms with E-state index in [1.807, 2.05) is 13.8 Å². The Morgan fingerprint density at radius 1 is 1.14 bits per heavy atom. The quantitative estimate of drug-likeness (QED) is 0.456. The van der Waals surface area contributed by atoms with Gasteiger partial charge in [0.05, 0.1) is 18.7 Å². The summed E-state index contributed by atoms with van der Waals surface area (Å²) in [5, 5.41) is 5.45. The van der Waals surface area contributed by atoms with Crippen molar-refractivity contribution in [2.75, 3.05) is 31.6 Å². The number of hydrogen-bond donors (Lipinski definition) is 2. The third-order valence-electron chi connectivity index (χ3n) is 3.10. The molecule has 1 fully saturated rings. The average Bonchev–Trinajstić information content (AvgIpc) is 2.89. The first-order chi connectivity index (χ1) is 10.6. The standard InChI is InChI=1S/C13H22Cl2N2O5/c1-3-20-13(21-4-2)12-11(17-10(19)6-15)8(7-22-12)16-9(18)5-14/h8,11-13H,3-7H2,1-2H3,(H,16,18)(H,17,19)/t8-,11-,12-/m0/s1. The molecule has 0 spiro atoms. The maximum Gasteiger partial charge on any atom is 0.235 e. The Kier molecular flexibility index (Phi) is 9.04. The van der Waals surface area contributed by atoms with Gasteiger partial charge in [0.1, 0.15) is 17.9 Å². The summed E-state index contributed by atoms with van der Waals surface area (Å²) in [7, 11) is 0. The van der Waals surface area contributed by atoms with Crippen LogP contribution in [0.3, 0.4) is 0 Å². The van der Waals surface area contributed by atoms with E-state index in [1.54, 1.807) is 0 Å². The highest BCUT2D eigenvalue weighted by atomic mass is 35.5. The van der Waals surface area contributed by atoms with Crippen molar-refractivity contribution in [3.8, 4) is 0 Å². The van der Waals surface area contributed by atoms with E-state index in [-0.39, 0.29) is 30.2 Å². The van der Waals surface area contributed by atoms with Crippen molar-refractivity contribution in [3.05, 3.63) is 0 Å². The van der Waals surface area contributed by atoms with Gasteiger partial charge in [0.2, 0.25) is 11.8 Å². The Hall–Kier alpha value is -0.600. The molecule has 0 bridgehead atoms. The highest BCUT2D eigenvalue weighted by Gasteiger charge is 2.44. The molecule has 0 aromatic carbocycles. The van der Waals surface area contributed by atoms with Crippen LogP contribution in [0.5, 0.6) is 0 Å². The minimum absolute atomic E-state index is 0.169. The topological polar surface area (TPSA) is 85.9 Å². The van der Waals surface area contributed by atoms with E-state index < -0.39 is 24.5 Å². The van der Waals surface area contributed by atoms with E-state index >= 15 is 0 Å². The predicted molar refractivity (Wildman–Crippen MR) is 82.1 cm³/mol. The number of amides is 2. The number of ether oxygens (including phenoxy) is 3. The van der Waals surface area contributed by atoms with Crippen LogP contribution in [-0.4, -0.2) is 67.9 Å². The second kappa shape index (κ2) is 10.2. The molecule has 1 saturated heterocycles. The lowest BCUT2D eigenvalue weighted by Gasteiger charge is -2.29. The molecular weight excluding hydrogens is 335 g/mol. The Labute approximate surface area is 139 Å². The molecular formula is C13H22Cl2N2O5. The molecule has 1 aliphatic heterocycles. The highest BCUT2D eigenvalue weighted by molar-refractivity contribution is 6.27. The summed E-state index contributed by atoms with van der Waals surface area (Å²) in [5.74, 6) is -1.06. The van der Waals surface area contributed by atoms with Gasteiger partial charge in [-0.25, -0.2) is 0 Å². The van der Waals surface area contributed by atoms with Crippen molar-refractivity contribution in [1.82, 2.24) is 10.6 Å². The van der Waals surface area contributed by atoms with Gasteiger partial charge in [-0.1, -0.05) is 0 Å². The normalized spacial score (nSPS) is 24.5. The molecule has 0 aromatic rings. The number of hydrogen-bond acceptors (Lipinski definition) is 5. The van der Waals surface area contributed by atoms with Gasteiger partial charge in [0.15, 0.2) is 6.29 Å². The van der Waals surface area contributed by atoms with Crippen LogP contribution in [0.1, 0.15) is 13.8 Å². The summed E-state index contributed by atoms with van der Waals surface area (Å²) < 4.78 is 16.7. The van der Waals surface area contributed by atoms with Crippen LogP contribution in [0, 0.1) is 0 Å². The van der Waals surface area contributed by atoms with Gasteiger partial charge < -0.3 is 24.8 Å². The van der Waals surface area contributed by atoms with Crippen LogP contribution >= 0.6 is 23.2 Å². The highest BCUT2D eigenvalue weighted by Crippen LogP contribution is 2.21. The van der Waals surface area contributed by atoms with Crippen molar-refractivity contribution in [2.45, 2.75) is 38.3 Å². The summed E-state index contributed by atoms with van der Waals surface area (Å²) in [4.78, 5) is 23.1. The number of alkyl halides is 2. The van der Waals surface area contributed by atoms with Crippen LogP contribution in [0.4, 0.5) is 0 Å². The van der Waals surface area contributed by atoms with Gasteiger partial charge >= 0.3 is 0 Å². The third-order valence-corrected chi connectivity index (χ3v) is 3.59. The largest absolute Gasteiger partial charge is 0.368 e. The van der Waals surface area contributed by atoms with Crippen molar-refractivity contribution < 1.29 is 23.8 Å². The molecule has 1 heterocycles. The number of nitrogens with one attached hydrogen (secondary N) is 2. The van der Waals surface area contributed by atoms with Gasteiger partial charge in [-0.15, -0.1) is 23.2 Å². The molecule has 2 amide bonds. The van der Waals surface area contributed by atoms with Crippen molar-refractivity contribution in [3.63, 3.8) is 0 Å². The maximum absolute atomic E-state index is 11.6. The number of carbonyl (C=O) groups excluding carboxylic acids is 2. The van der Waals surface area contributed by atoms with Crippen LogP contribution in [0.15, 0.2) is 0 Å². The van der Waals surface area contributed by atoms with Gasteiger partial charge in [-0.05, 0) is 13.8 Å². The zero-order valence-electron chi connectivity index (χ0n) is 12.6. The molecule has 1 aliphatic rings. The SMILES string of the molecule is CCOC(OCC)[C@H]1OC[C@H](NC(=O)CCl)[C@@H]1NC(=O)CCl. The maximum atomic E-state index is 11.6. The minimum Gasteiger partial charge on any atom is -0.368 e. The van der Waals surface area contributed by atoms with E-state index in [9.17, 15) is 9.59 Å². The number of halogens is 2. The van der Waals surface area contributed by atoms with Crippen LogP contribution in [0.2, 0.25) is 0 Å². The Balaban J connectivity index is 2.84. The third kappa shape index (κ3) is 5.55. The first-order valence-corrected chi connectivity index (χ1v) is 8.19. The molecule has 0 unspecified atom stereocenters. The fraction of sp³-hybridized carbons (Fsp3) is 0.846. The summed E-state index contributed by atoms with van der Waals surface area (Å²) in [5.41, 5.74) is 0. The lowest BCUT2D eigenvalue weighted by Crippen LogP contribution is -2.57.